The third kappa shape index (κ3) is 2.87. The molecule has 0 saturated heterocycles. The Kier molecular flexibility index (Phi) is 4.81. The highest BCUT2D eigenvalue weighted by molar-refractivity contribution is 5.94. The Balaban J connectivity index is 2.00. The van der Waals surface area contributed by atoms with Crippen LogP contribution in [0.1, 0.15) is 61.3 Å². The van der Waals surface area contributed by atoms with E-state index in [0.29, 0.717) is 12.2 Å². The van der Waals surface area contributed by atoms with Gasteiger partial charge < -0.3 is 10.4 Å². The van der Waals surface area contributed by atoms with Gasteiger partial charge in [-0.05, 0) is 43.9 Å². The minimum Gasteiger partial charge on any atom is -0.396 e. The lowest BCUT2D eigenvalue weighted by Gasteiger charge is -2.31. The number of hydrogen-bond donors (Lipinski definition) is 3. The van der Waals surface area contributed by atoms with E-state index in [2.05, 4.69) is 29.4 Å². The summed E-state index contributed by atoms with van der Waals surface area (Å²) in [7, 11) is 0. The molecule has 0 bridgehead atoms. The summed E-state index contributed by atoms with van der Waals surface area (Å²) < 4.78 is 0. The lowest BCUT2D eigenvalue weighted by molar-refractivity contribution is 0.0901. The number of amides is 1. The summed E-state index contributed by atoms with van der Waals surface area (Å²) in [6.45, 7) is 4.98. The molecule has 0 spiro atoms. The van der Waals surface area contributed by atoms with Crippen molar-refractivity contribution in [2.45, 2.75) is 52.4 Å². The van der Waals surface area contributed by atoms with Crippen molar-refractivity contribution in [3.8, 4) is 0 Å². The van der Waals surface area contributed by atoms with Crippen LogP contribution in [0.4, 0.5) is 0 Å². The lowest BCUT2D eigenvalue weighted by Crippen LogP contribution is -2.38. The quantitative estimate of drug-likeness (QED) is 0.712. The number of aliphatic hydroxyl groups excluding tert-OH is 1. The third-order valence-corrected chi connectivity index (χ3v) is 4.79. The van der Waals surface area contributed by atoms with Crippen LogP contribution in [-0.4, -0.2) is 34.4 Å². The zero-order valence-corrected chi connectivity index (χ0v) is 12.5. The van der Waals surface area contributed by atoms with E-state index in [1.807, 2.05) is 0 Å². The van der Waals surface area contributed by atoms with E-state index in [1.165, 1.54) is 0 Å². The van der Waals surface area contributed by atoms with Crippen molar-refractivity contribution < 1.29 is 9.90 Å². The van der Waals surface area contributed by atoms with Gasteiger partial charge in [0, 0.05) is 24.4 Å². The first-order chi connectivity index (χ1) is 9.65. The predicted molar refractivity (Wildman–Crippen MR) is 77.7 cm³/mol. The number of aryl methyl sites for hydroxylation is 1. The number of nitrogens with zero attached hydrogens (tertiary/aromatic N) is 1. The second-order valence-corrected chi connectivity index (χ2v) is 5.75. The average molecular weight is 279 g/mol. The number of rotatable bonds is 7. The summed E-state index contributed by atoms with van der Waals surface area (Å²) in [5.74, 6) is -0.0892. The van der Waals surface area contributed by atoms with Crippen molar-refractivity contribution in [3.05, 3.63) is 17.0 Å². The highest BCUT2D eigenvalue weighted by Gasteiger charge is 2.28. The van der Waals surface area contributed by atoms with E-state index >= 15 is 0 Å². The molecule has 0 fully saturated rings. The van der Waals surface area contributed by atoms with Gasteiger partial charge in [0.25, 0.3) is 5.91 Å². The molecule has 5 nitrogen and oxygen atoms in total. The van der Waals surface area contributed by atoms with Crippen LogP contribution in [0.15, 0.2) is 0 Å². The summed E-state index contributed by atoms with van der Waals surface area (Å²) in [6, 6.07) is 0. The van der Waals surface area contributed by atoms with Crippen LogP contribution >= 0.6 is 0 Å². The maximum absolute atomic E-state index is 12.3. The Morgan fingerprint density at radius 1 is 1.40 bits per heavy atom. The summed E-state index contributed by atoms with van der Waals surface area (Å²) >= 11 is 0. The highest BCUT2D eigenvalue weighted by Crippen LogP contribution is 2.29. The number of carbonyl (C=O) groups excluding carboxylic acids is 1. The van der Waals surface area contributed by atoms with Crippen LogP contribution in [0, 0.1) is 5.41 Å². The Morgan fingerprint density at radius 3 is 2.80 bits per heavy atom. The lowest BCUT2D eigenvalue weighted by atomic mass is 9.79. The van der Waals surface area contributed by atoms with Crippen molar-refractivity contribution in [3.63, 3.8) is 0 Å². The molecule has 1 aliphatic rings. The van der Waals surface area contributed by atoms with Gasteiger partial charge in [-0.25, -0.2) is 0 Å². The Bertz CT molecular complexity index is 464. The molecule has 1 aliphatic carbocycles. The largest absolute Gasteiger partial charge is 0.396 e. The van der Waals surface area contributed by atoms with Gasteiger partial charge in [0.05, 0.1) is 0 Å². The van der Waals surface area contributed by atoms with Gasteiger partial charge in [0.15, 0.2) is 5.69 Å². The SMILES string of the molecule is CCC(CC)(CCO)CNC(=O)c1n[nH]c2c1CCC2. The summed E-state index contributed by atoms with van der Waals surface area (Å²) in [5.41, 5.74) is 2.75. The second-order valence-electron chi connectivity index (χ2n) is 5.75. The molecule has 0 radical (unpaired) electrons. The number of nitrogens with one attached hydrogen (secondary N) is 2. The highest BCUT2D eigenvalue weighted by atomic mass is 16.3. The fourth-order valence-corrected chi connectivity index (χ4v) is 3.04. The van der Waals surface area contributed by atoms with Crippen LogP contribution < -0.4 is 5.32 Å². The molecule has 5 heteroatoms. The zero-order valence-electron chi connectivity index (χ0n) is 12.5. The van der Waals surface area contributed by atoms with Gasteiger partial charge in [-0.3, -0.25) is 9.89 Å². The van der Waals surface area contributed by atoms with Crippen molar-refractivity contribution in [2.75, 3.05) is 13.2 Å². The topological polar surface area (TPSA) is 78.0 Å². The van der Waals surface area contributed by atoms with Gasteiger partial charge in [-0.15, -0.1) is 0 Å². The molecule has 1 aromatic rings. The van der Waals surface area contributed by atoms with Crippen LogP contribution in [-0.2, 0) is 12.8 Å². The molecule has 0 atom stereocenters. The summed E-state index contributed by atoms with van der Waals surface area (Å²) in [4.78, 5) is 12.3. The van der Waals surface area contributed by atoms with E-state index in [0.717, 1.165) is 49.8 Å². The zero-order chi connectivity index (χ0) is 14.6. The predicted octanol–water partition coefficient (Wildman–Crippen LogP) is 1.82. The minimum atomic E-state index is -0.0892. The van der Waals surface area contributed by atoms with Gasteiger partial charge in [-0.1, -0.05) is 13.8 Å². The third-order valence-electron chi connectivity index (χ3n) is 4.79. The van der Waals surface area contributed by atoms with E-state index < -0.39 is 0 Å². The standard InChI is InChI=1S/C15H25N3O2/c1-3-15(4-2,8-9-19)10-16-14(20)13-11-6-5-7-12(11)17-18-13/h19H,3-10H2,1-2H3,(H,16,20)(H,17,18). The first kappa shape index (κ1) is 15.0. The van der Waals surface area contributed by atoms with Crippen LogP contribution in [0.3, 0.4) is 0 Å². The van der Waals surface area contributed by atoms with E-state index in [1.54, 1.807) is 0 Å². The smallest absolute Gasteiger partial charge is 0.272 e. The second kappa shape index (κ2) is 6.39. The molecular weight excluding hydrogens is 254 g/mol. The summed E-state index contributed by atoms with van der Waals surface area (Å²) in [6.07, 6.45) is 5.65. The number of fused-ring (bicyclic) bond motifs is 1. The number of hydrogen-bond acceptors (Lipinski definition) is 3. The number of aromatic nitrogens is 2. The van der Waals surface area contributed by atoms with Crippen molar-refractivity contribution in [1.82, 2.24) is 15.5 Å². The van der Waals surface area contributed by atoms with E-state index in [9.17, 15) is 9.90 Å². The fraction of sp³-hybridized carbons (Fsp3) is 0.733. The molecule has 0 aromatic carbocycles. The van der Waals surface area contributed by atoms with Crippen molar-refractivity contribution in [1.29, 1.82) is 0 Å². The molecule has 3 N–H and O–H groups in total. The number of aromatic amines is 1. The number of aliphatic hydroxyl groups is 1. The summed E-state index contributed by atoms with van der Waals surface area (Å²) in [5, 5.41) is 19.3. The average Bonchev–Trinajstić information content (AvgIpc) is 3.06. The fourth-order valence-electron chi connectivity index (χ4n) is 3.04. The molecule has 2 rings (SSSR count). The normalized spacial score (nSPS) is 14.3. The molecule has 1 heterocycles. The molecule has 1 aromatic heterocycles. The van der Waals surface area contributed by atoms with E-state index in [4.69, 9.17) is 0 Å². The minimum absolute atomic E-state index is 0.0100. The monoisotopic (exact) mass is 279 g/mol. The maximum atomic E-state index is 12.3. The molecule has 20 heavy (non-hydrogen) atoms. The molecule has 0 unspecified atom stereocenters. The van der Waals surface area contributed by atoms with Crippen LogP contribution in [0.2, 0.25) is 0 Å². The molecular formula is C15H25N3O2. The van der Waals surface area contributed by atoms with Gasteiger partial charge in [0.2, 0.25) is 0 Å². The van der Waals surface area contributed by atoms with Crippen LogP contribution in [0.25, 0.3) is 0 Å². The first-order valence-corrected chi connectivity index (χ1v) is 7.61. The molecule has 0 saturated carbocycles. The first-order valence-electron chi connectivity index (χ1n) is 7.61. The van der Waals surface area contributed by atoms with Crippen molar-refractivity contribution >= 4 is 5.91 Å². The Morgan fingerprint density at radius 2 is 2.15 bits per heavy atom. The maximum Gasteiger partial charge on any atom is 0.272 e. The number of H-pyrrole nitrogens is 1. The van der Waals surface area contributed by atoms with Crippen molar-refractivity contribution in [2.24, 2.45) is 5.41 Å². The molecule has 112 valence electrons. The molecule has 1 amide bonds. The van der Waals surface area contributed by atoms with Gasteiger partial charge in [-0.2, -0.15) is 5.10 Å². The number of carbonyl (C=O) groups is 1. The van der Waals surface area contributed by atoms with Crippen LogP contribution in [0.5, 0.6) is 0 Å². The molecule has 0 aliphatic heterocycles. The van der Waals surface area contributed by atoms with Gasteiger partial charge >= 0.3 is 0 Å². The van der Waals surface area contributed by atoms with E-state index in [-0.39, 0.29) is 17.9 Å². The Hall–Kier alpha value is -1.36. The van der Waals surface area contributed by atoms with Gasteiger partial charge in [0.1, 0.15) is 0 Å². The Labute approximate surface area is 120 Å².